The molecule has 33 heavy (non-hydrogen) atoms. The van der Waals surface area contributed by atoms with Crippen molar-refractivity contribution in [2.75, 3.05) is 50.1 Å². The summed E-state index contributed by atoms with van der Waals surface area (Å²) in [6, 6.07) is 5.64. The molecule has 4 rings (SSSR count). The number of amides is 1. The molecule has 2 atom stereocenters. The normalized spacial score (nSPS) is 19.5. The molecule has 2 aliphatic rings. The number of anilines is 2. The fourth-order valence-corrected chi connectivity index (χ4v) is 4.90. The maximum atomic E-state index is 12.6. The molecule has 0 saturated carbocycles. The number of ether oxygens (including phenoxy) is 1. The summed E-state index contributed by atoms with van der Waals surface area (Å²) in [6.45, 7) is 5.73. The molecule has 2 fully saturated rings. The topological polar surface area (TPSA) is 82.6 Å². The second kappa shape index (κ2) is 10.8. The van der Waals surface area contributed by atoms with Crippen LogP contribution in [0.15, 0.2) is 24.4 Å². The maximum absolute atomic E-state index is 12.6. The van der Waals surface area contributed by atoms with Crippen LogP contribution in [0.4, 0.5) is 11.8 Å². The number of carbonyl (C=O) groups is 1. The van der Waals surface area contributed by atoms with Gasteiger partial charge in [0, 0.05) is 48.7 Å². The van der Waals surface area contributed by atoms with E-state index in [-0.39, 0.29) is 11.9 Å². The Bertz CT molecular complexity index is 977. The van der Waals surface area contributed by atoms with E-state index in [1.54, 1.807) is 19.4 Å². The molecule has 2 aromatic rings. The zero-order valence-electron chi connectivity index (χ0n) is 19.0. The Morgan fingerprint density at radius 2 is 2.09 bits per heavy atom. The highest BCUT2D eigenvalue weighted by Gasteiger charge is 2.26. The first kappa shape index (κ1) is 23.9. The summed E-state index contributed by atoms with van der Waals surface area (Å²) in [4.78, 5) is 25.9. The Hall–Kier alpha value is -2.29. The summed E-state index contributed by atoms with van der Waals surface area (Å²) in [7, 11) is 1.59. The number of rotatable bonds is 7. The lowest BCUT2D eigenvalue weighted by atomic mass is 10.1. The monoisotopic (exact) mass is 492 g/mol. The zero-order chi connectivity index (χ0) is 23.4. The van der Waals surface area contributed by atoms with Crippen molar-refractivity contribution >= 4 is 40.9 Å². The number of methoxy groups -OCH3 is 1. The molecule has 1 aromatic heterocycles. The number of hydrogen-bond acceptors (Lipinski definition) is 7. The lowest BCUT2D eigenvalue weighted by Gasteiger charge is -2.35. The van der Waals surface area contributed by atoms with Gasteiger partial charge >= 0.3 is 0 Å². The van der Waals surface area contributed by atoms with Gasteiger partial charge in [-0.3, -0.25) is 4.79 Å². The second-order valence-electron chi connectivity index (χ2n) is 8.48. The predicted molar refractivity (Wildman–Crippen MR) is 132 cm³/mol. The molecule has 1 amide bonds. The molecule has 2 saturated heterocycles. The van der Waals surface area contributed by atoms with Gasteiger partial charge in [0.25, 0.3) is 0 Å². The van der Waals surface area contributed by atoms with E-state index in [2.05, 4.69) is 20.5 Å². The number of hydrogen-bond donors (Lipinski definition) is 2. The zero-order valence-corrected chi connectivity index (χ0v) is 20.5. The molecule has 2 aliphatic heterocycles. The fourth-order valence-electron chi connectivity index (χ4n) is 4.33. The smallest absolute Gasteiger partial charge is 0.227 e. The van der Waals surface area contributed by atoms with Crippen molar-refractivity contribution in [2.45, 2.75) is 38.3 Å². The highest BCUT2D eigenvalue weighted by Crippen LogP contribution is 2.31. The summed E-state index contributed by atoms with van der Waals surface area (Å²) >= 11 is 12.4. The van der Waals surface area contributed by atoms with Crippen molar-refractivity contribution in [3.05, 3.63) is 40.0 Å². The summed E-state index contributed by atoms with van der Waals surface area (Å²) < 4.78 is 5.47. The van der Waals surface area contributed by atoms with Crippen molar-refractivity contribution in [1.29, 1.82) is 0 Å². The molecule has 0 radical (unpaired) electrons. The van der Waals surface area contributed by atoms with Gasteiger partial charge in [-0.25, -0.2) is 4.98 Å². The van der Waals surface area contributed by atoms with E-state index < -0.39 is 0 Å². The van der Waals surface area contributed by atoms with Crippen molar-refractivity contribution in [1.82, 2.24) is 20.2 Å². The average molecular weight is 493 g/mol. The molecular weight excluding hydrogens is 463 g/mol. The van der Waals surface area contributed by atoms with Crippen LogP contribution in [-0.4, -0.2) is 66.7 Å². The van der Waals surface area contributed by atoms with Gasteiger partial charge in [0.1, 0.15) is 0 Å². The standard InChI is InChI=1S/C23H30Cl2N6O2/c1-15(18-6-5-16(24)12-19(18)25)28-22-20(33-2)14-27-23(29-22)31-10-8-30(9-11-31)21(32)13-17-4-3-7-26-17/h5-6,12,14-15,17,26H,3-4,7-11,13H2,1-2H3,(H,27,28,29)/t15-,17+/m1/s1. The summed E-state index contributed by atoms with van der Waals surface area (Å²) in [5, 5.41) is 7.96. The average Bonchev–Trinajstić information content (AvgIpc) is 3.32. The number of aromatic nitrogens is 2. The van der Waals surface area contributed by atoms with Gasteiger partial charge in [-0.05, 0) is 44.0 Å². The first-order valence-electron chi connectivity index (χ1n) is 11.3. The Balaban J connectivity index is 1.41. The molecule has 3 heterocycles. The molecule has 0 bridgehead atoms. The van der Waals surface area contributed by atoms with Gasteiger partial charge in [0.2, 0.25) is 11.9 Å². The maximum Gasteiger partial charge on any atom is 0.227 e. The molecule has 2 N–H and O–H groups in total. The molecule has 178 valence electrons. The first-order valence-corrected chi connectivity index (χ1v) is 12.1. The predicted octanol–water partition coefficient (Wildman–Crippen LogP) is 3.76. The molecule has 0 spiro atoms. The van der Waals surface area contributed by atoms with Crippen LogP contribution < -0.4 is 20.3 Å². The van der Waals surface area contributed by atoms with Gasteiger partial charge < -0.3 is 25.2 Å². The molecular formula is C23H30Cl2N6O2. The van der Waals surface area contributed by atoms with E-state index in [4.69, 9.17) is 32.9 Å². The second-order valence-corrected chi connectivity index (χ2v) is 9.33. The van der Waals surface area contributed by atoms with Crippen LogP contribution in [0.2, 0.25) is 10.0 Å². The highest BCUT2D eigenvalue weighted by molar-refractivity contribution is 6.35. The molecule has 0 aliphatic carbocycles. The number of halogens is 2. The van der Waals surface area contributed by atoms with Crippen molar-refractivity contribution in [2.24, 2.45) is 0 Å². The lowest BCUT2D eigenvalue weighted by Crippen LogP contribution is -2.50. The number of piperazine rings is 1. The SMILES string of the molecule is COc1cnc(N2CCN(C(=O)C[C@@H]3CCCN3)CC2)nc1N[C@H](C)c1ccc(Cl)cc1Cl. The van der Waals surface area contributed by atoms with Gasteiger partial charge in [-0.2, -0.15) is 4.98 Å². The summed E-state index contributed by atoms with van der Waals surface area (Å²) in [5.41, 5.74) is 0.909. The fraction of sp³-hybridized carbons (Fsp3) is 0.522. The van der Waals surface area contributed by atoms with E-state index in [9.17, 15) is 4.79 Å². The van der Waals surface area contributed by atoms with Crippen LogP contribution in [0.3, 0.4) is 0 Å². The Labute approximate surface area is 204 Å². The van der Waals surface area contributed by atoms with Gasteiger partial charge in [0.15, 0.2) is 11.6 Å². The Morgan fingerprint density at radius 1 is 1.30 bits per heavy atom. The highest BCUT2D eigenvalue weighted by atomic mass is 35.5. The van der Waals surface area contributed by atoms with E-state index in [0.717, 1.165) is 24.9 Å². The largest absolute Gasteiger partial charge is 0.491 e. The minimum Gasteiger partial charge on any atom is -0.491 e. The van der Waals surface area contributed by atoms with Crippen molar-refractivity contribution < 1.29 is 9.53 Å². The third kappa shape index (κ3) is 5.80. The lowest BCUT2D eigenvalue weighted by molar-refractivity contribution is -0.131. The summed E-state index contributed by atoms with van der Waals surface area (Å²) in [5.74, 6) is 1.97. The van der Waals surface area contributed by atoms with Crippen LogP contribution in [0.25, 0.3) is 0 Å². The quantitative estimate of drug-likeness (QED) is 0.608. The van der Waals surface area contributed by atoms with E-state index >= 15 is 0 Å². The third-order valence-corrected chi connectivity index (χ3v) is 6.81. The van der Waals surface area contributed by atoms with Crippen molar-refractivity contribution in [3.8, 4) is 5.75 Å². The number of nitrogens with one attached hydrogen (secondary N) is 2. The minimum atomic E-state index is -0.120. The number of carbonyl (C=O) groups excluding carboxylic acids is 1. The van der Waals surface area contributed by atoms with Crippen LogP contribution in [0.1, 0.15) is 37.8 Å². The molecule has 8 nitrogen and oxygen atoms in total. The van der Waals surface area contributed by atoms with E-state index in [0.29, 0.717) is 66.2 Å². The third-order valence-electron chi connectivity index (χ3n) is 6.24. The summed E-state index contributed by atoms with van der Waals surface area (Å²) in [6.07, 6.45) is 4.49. The van der Waals surface area contributed by atoms with Crippen LogP contribution in [0.5, 0.6) is 5.75 Å². The van der Waals surface area contributed by atoms with Gasteiger partial charge in [0.05, 0.1) is 19.3 Å². The molecule has 1 aromatic carbocycles. The minimum absolute atomic E-state index is 0.120. The Morgan fingerprint density at radius 3 is 2.76 bits per heavy atom. The van der Waals surface area contributed by atoms with Crippen LogP contribution in [0, 0.1) is 0 Å². The molecule has 10 heteroatoms. The van der Waals surface area contributed by atoms with E-state index in [1.165, 1.54) is 0 Å². The number of nitrogens with zero attached hydrogens (tertiary/aromatic N) is 4. The first-order chi connectivity index (χ1) is 15.9. The van der Waals surface area contributed by atoms with Gasteiger partial charge in [-0.1, -0.05) is 29.3 Å². The van der Waals surface area contributed by atoms with Crippen LogP contribution in [-0.2, 0) is 4.79 Å². The van der Waals surface area contributed by atoms with Crippen LogP contribution >= 0.6 is 23.2 Å². The van der Waals surface area contributed by atoms with E-state index in [1.807, 2.05) is 24.0 Å². The van der Waals surface area contributed by atoms with Gasteiger partial charge in [-0.15, -0.1) is 0 Å². The molecule has 0 unspecified atom stereocenters. The van der Waals surface area contributed by atoms with Crippen molar-refractivity contribution in [3.63, 3.8) is 0 Å². The Kier molecular flexibility index (Phi) is 7.78. The number of benzene rings is 1.